The molecule has 0 aliphatic rings. The highest BCUT2D eigenvalue weighted by molar-refractivity contribution is 5.88. The highest BCUT2D eigenvalue weighted by atomic mass is 19.1. The largest absolute Gasteiger partial charge is 0.443 e. The number of anilines is 1. The van der Waals surface area contributed by atoms with Crippen molar-refractivity contribution in [1.82, 2.24) is 38.9 Å². The summed E-state index contributed by atoms with van der Waals surface area (Å²) in [6, 6.07) is 6.69. The summed E-state index contributed by atoms with van der Waals surface area (Å²) in [5.74, 6) is 0.319. The summed E-state index contributed by atoms with van der Waals surface area (Å²) in [7, 11) is 0. The van der Waals surface area contributed by atoms with Crippen molar-refractivity contribution in [3.05, 3.63) is 78.3 Å². The van der Waals surface area contributed by atoms with Crippen LogP contribution in [0.2, 0.25) is 0 Å². The van der Waals surface area contributed by atoms with Crippen LogP contribution in [0.4, 0.5) is 10.3 Å². The number of nitrogens with two attached hydrogens (primary N) is 1. The minimum Gasteiger partial charge on any atom is -0.443 e. The number of imidazole rings is 1. The van der Waals surface area contributed by atoms with E-state index in [0.717, 1.165) is 16.9 Å². The molecule has 33 heavy (non-hydrogen) atoms. The summed E-state index contributed by atoms with van der Waals surface area (Å²) in [6.07, 6.45) is 8.35. The van der Waals surface area contributed by atoms with Crippen molar-refractivity contribution in [2.24, 2.45) is 0 Å². The fourth-order valence-corrected chi connectivity index (χ4v) is 3.78. The van der Waals surface area contributed by atoms with Gasteiger partial charge in [0.2, 0.25) is 11.8 Å². The quantitative estimate of drug-likeness (QED) is 0.442. The Hall–Kier alpha value is -4.67. The summed E-state index contributed by atoms with van der Waals surface area (Å²) in [4.78, 5) is 21.9. The molecule has 0 bridgehead atoms. The average Bonchev–Trinajstić information content (AvgIpc) is 3.56. The standard InChI is InChI=1S/C22H16FN9O/c1-12-10-27-17-5-4-13(11-31(12)17)18-19(21-26-7-8-33-21)29-22(24)32-20(18)28-16(30-32)9-15-14(23)3-2-6-25-15/h2-8,10-11H,9H2,1H3,(H2,24,29). The summed E-state index contributed by atoms with van der Waals surface area (Å²) < 4.78 is 23.1. The summed E-state index contributed by atoms with van der Waals surface area (Å²) in [5.41, 5.74) is 10.5. The first kappa shape index (κ1) is 19.0. The average molecular weight is 441 g/mol. The minimum absolute atomic E-state index is 0.0984. The number of halogens is 1. The van der Waals surface area contributed by atoms with Gasteiger partial charge in [0.1, 0.15) is 23.4 Å². The van der Waals surface area contributed by atoms with E-state index in [1.807, 2.05) is 29.7 Å². The second-order valence-corrected chi connectivity index (χ2v) is 7.45. The fourth-order valence-electron chi connectivity index (χ4n) is 3.78. The molecule has 162 valence electrons. The van der Waals surface area contributed by atoms with E-state index < -0.39 is 5.82 Å². The van der Waals surface area contributed by atoms with Crippen LogP contribution in [0.5, 0.6) is 0 Å². The van der Waals surface area contributed by atoms with Crippen molar-refractivity contribution in [3.8, 4) is 22.7 Å². The Bertz CT molecular complexity index is 1640. The molecule has 0 atom stereocenters. The topological polar surface area (TPSA) is 125 Å². The molecular formula is C22H16FN9O. The van der Waals surface area contributed by atoms with Gasteiger partial charge in [-0.1, -0.05) is 0 Å². The van der Waals surface area contributed by atoms with Gasteiger partial charge in [-0.05, 0) is 31.2 Å². The third-order valence-electron chi connectivity index (χ3n) is 5.33. The van der Waals surface area contributed by atoms with Crippen LogP contribution in [-0.2, 0) is 6.42 Å². The van der Waals surface area contributed by atoms with Gasteiger partial charge in [-0.25, -0.2) is 24.3 Å². The molecule has 6 aromatic heterocycles. The number of aryl methyl sites for hydroxylation is 1. The van der Waals surface area contributed by atoms with E-state index in [0.29, 0.717) is 28.6 Å². The molecule has 10 nitrogen and oxygen atoms in total. The Labute approximate surface area is 185 Å². The Morgan fingerprint density at radius 3 is 2.82 bits per heavy atom. The predicted molar refractivity (Wildman–Crippen MR) is 117 cm³/mol. The van der Waals surface area contributed by atoms with Crippen LogP contribution in [0.1, 0.15) is 17.2 Å². The molecule has 6 rings (SSSR count). The number of rotatable bonds is 4. The number of hydrogen-bond acceptors (Lipinski definition) is 8. The smallest absolute Gasteiger partial charge is 0.245 e. The zero-order chi connectivity index (χ0) is 22.5. The molecule has 11 heteroatoms. The number of pyridine rings is 2. The van der Waals surface area contributed by atoms with Crippen molar-refractivity contribution in [1.29, 1.82) is 0 Å². The molecule has 0 amide bonds. The molecule has 2 N–H and O–H groups in total. The van der Waals surface area contributed by atoms with E-state index in [1.165, 1.54) is 35.3 Å². The Morgan fingerprint density at radius 1 is 1.09 bits per heavy atom. The van der Waals surface area contributed by atoms with Crippen LogP contribution in [0.25, 0.3) is 34.0 Å². The lowest BCUT2D eigenvalue weighted by molar-refractivity contribution is 0.572. The first-order valence-corrected chi connectivity index (χ1v) is 10.1. The van der Waals surface area contributed by atoms with E-state index in [-0.39, 0.29) is 18.1 Å². The molecule has 0 radical (unpaired) electrons. The molecular weight excluding hydrogens is 425 g/mol. The molecule has 0 aliphatic carbocycles. The Balaban J connectivity index is 1.61. The molecule has 0 aliphatic heterocycles. The molecule has 0 saturated heterocycles. The van der Waals surface area contributed by atoms with E-state index in [9.17, 15) is 4.39 Å². The lowest BCUT2D eigenvalue weighted by Gasteiger charge is -2.10. The third kappa shape index (κ3) is 3.09. The van der Waals surface area contributed by atoms with Gasteiger partial charge in [0.05, 0.1) is 23.9 Å². The van der Waals surface area contributed by atoms with Gasteiger partial charge >= 0.3 is 0 Å². The van der Waals surface area contributed by atoms with Crippen molar-refractivity contribution < 1.29 is 8.81 Å². The van der Waals surface area contributed by atoms with Crippen molar-refractivity contribution >= 4 is 17.2 Å². The number of nitrogens with zero attached hydrogens (tertiary/aromatic N) is 8. The normalized spacial score (nSPS) is 11.6. The molecule has 0 saturated carbocycles. The number of fused-ring (bicyclic) bond motifs is 2. The van der Waals surface area contributed by atoms with Crippen LogP contribution in [-0.4, -0.2) is 38.9 Å². The highest BCUT2D eigenvalue weighted by Crippen LogP contribution is 2.34. The van der Waals surface area contributed by atoms with Crippen molar-refractivity contribution in [2.45, 2.75) is 13.3 Å². The second kappa shape index (κ2) is 7.19. The van der Waals surface area contributed by atoms with Crippen LogP contribution in [0, 0.1) is 12.7 Å². The molecule has 0 spiro atoms. The zero-order valence-corrected chi connectivity index (χ0v) is 17.3. The summed E-state index contributed by atoms with van der Waals surface area (Å²) in [6.45, 7) is 1.96. The molecule has 6 aromatic rings. The maximum Gasteiger partial charge on any atom is 0.245 e. The lowest BCUT2D eigenvalue weighted by Crippen LogP contribution is -2.06. The van der Waals surface area contributed by atoms with Crippen LogP contribution < -0.4 is 5.73 Å². The van der Waals surface area contributed by atoms with E-state index in [1.54, 1.807) is 6.20 Å². The van der Waals surface area contributed by atoms with Crippen molar-refractivity contribution in [2.75, 3.05) is 5.73 Å². The van der Waals surface area contributed by atoms with Gasteiger partial charge in [0.15, 0.2) is 11.5 Å². The summed E-state index contributed by atoms with van der Waals surface area (Å²) in [5, 5.41) is 4.47. The Morgan fingerprint density at radius 2 is 2.00 bits per heavy atom. The SMILES string of the molecule is Cc1cnc2ccc(-c3c(-c4ncco4)nc(N)n4nc(Cc5ncccc5F)nc34)cn12. The Kier molecular flexibility index (Phi) is 4.15. The molecule has 0 unspecified atom stereocenters. The van der Waals surface area contributed by atoms with Gasteiger partial charge in [-0.3, -0.25) is 4.98 Å². The van der Waals surface area contributed by atoms with Gasteiger partial charge in [0.25, 0.3) is 0 Å². The van der Waals surface area contributed by atoms with E-state index in [2.05, 4.69) is 30.0 Å². The number of oxazole rings is 1. The van der Waals surface area contributed by atoms with Gasteiger partial charge in [-0.2, -0.15) is 4.52 Å². The number of nitrogen functional groups attached to an aromatic ring is 1. The van der Waals surface area contributed by atoms with E-state index in [4.69, 9.17) is 10.2 Å². The first-order chi connectivity index (χ1) is 16.1. The van der Waals surface area contributed by atoms with E-state index >= 15 is 0 Å². The van der Waals surface area contributed by atoms with Gasteiger partial charge in [0, 0.05) is 29.8 Å². The van der Waals surface area contributed by atoms with Crippen LogP contribution in [0.15, 0.2) is 59.7 Å². The van der Waals surface area contributed by atoms with Gasteiger partial charge < -0.3 is 14.6 Å². The fraction of sp³-hybridized carbons (Fsp3) is 0.0909. The predicted octanol–water partition coefficient (Wildman–Crippen LogP) is 3.11. The molecule has 0 fully saturated rings. The second-order valence-electron chi connectivity index (χ2n) is 7.45. The highest BCUT2D eigenvalue weighted by Gasteiger charge is 2.23. The zero-order valence-electron chi connectivity index (χ0n) is 17.3. The number of hydrogen-bond donors (Lipinski definition) is 1. The molecule has 0 aromatic carbocycles. The van der Waals surface area contributed by atoms with Crippen LogP contribution >= 0.6 is 0 Å². The van der Waals surface area contributed by atoms with Crippen LogP contribution in [0.3, 0.4) is 0 Å². The first-order valence-electron chi connectivity index (χ1n) is 10.1. The van der Waals surface area contributed by atoms with Gasteiger partial charge in [-0.15, -0.1) is 5.10 Å². The lowest BCUT2D eigenvalue weighted by atomic mass is 10.1. The maximum atomic E-state index is 14.2. The summed E-state index contributed by atoms with van der Waals surface area (Å²) >= 11 is 0. The third-order valence-corrected chi connectivity index (χ3v) is 5.33. The maximum absolute atomic E-state index is 14.2. The number of aromatic nitrogens is 8. The molecule has 6 heterocycles. The monoisotopic (exact) mass is 441 g/mol. The van der Waals surface area contributed by atoms with Crippen molar-refractivity contribution in [3.63, 3.8) is 0 Å². The minimum atomic E-state index is -0.427.